The average molecular weight is 353 g/mol. The summed E-state index contributed by atoms with van der Waals surface area (Å²) in [5, 5.41) is 7.04. The molecule has 0 spiro atoms. The molecule has 128 valence electrons. The highest BCUT2D eigenvalue weighted by molar-refractivity contribution is 7.14. The molecule has 2 aromatic heterocycles. The second kappa shape index (κ2) is 6.80. The van der Waals surface area contributed by atoms with E-state index in [1.54, 1.807) is 0 Å². The van der Waals surface area contributed by atoms with E-state index in [0.29, 0.717) is 16.6 Å². The van der Waals surface area contributed by atoms with E-state index in [4.69, 9.17) is 4.52 Å². The third kappa shape index (κ3) is 3.49. The molecule has 1 aliphatic rings. The maximum atomic E-state index is 12.3. The van der Waals surface area contributed by atoms with Gasteiger partial charge in [0.15, 0.2) is 0 Å². The Kier molecular flexibility index (Phi) is 4.36. The van der Waals surface area contributed by atoms with Crippen LogP contribution < -0.4 is 5.32 Å². The fourth-order valence-electron chi connectivity index (χ4n) is 3.18. The number of anilines is 1. The van der Waals surface area contributed by atoms with Crippen LogP contribution in [0.15, 0.2) is 40.9 Å². The van der Waals surface area contributed by atoms with Gasteiger partial charge in [0.25, 0.3) is 5.91 Å². The minimum Gasteiger partial charge on any atom is -0.339 e. The topological polar surface area (TPSA) is 68.0 Å². The number of carbonyl (C=O) groups excluding carboxylic acids is 1. The van der Waals surface area contributed by atoms with Crippen molar-refractivity contribution < 1.29 is 9.32 Å². The van der Waals surface area contributed by atoms with Crippen molar-refractivity contribution in [2.24, 2.45) is 0 Å². The lowest BCUT2D eigenvalue weighted by atomic mass is 10.1. The molecule has 5 nitrogen and oxygen atoms in total. The Bertz CT molecular complexity index is 893. The van der Waals surface area contributed by atoms with Crippen LogP contribution in [-0.4, -0.2) is 16.0 Å². The molecule has 3 aromatic rings. The molecule has 1 N–H and O–H groups in total. The molecular formula is C19H19N3O2S. The fourth-order valence-corrected chi connectivity index (χ4v) is 3.94. The van der Waals surface area contributed by atoms with Gasteiger partial charge in [-0.1, -0.05) is 30.1 Å². The quantitative estimate of drug-likeness (QED) is 0.715. The van der Waals surface area contributed by atoms with E-state index in [2.05, 4.69) is 15.5 Å². The minimum absolute atomic E-state index is 0.102. The van der Waals surface area contributed by atoms with Crippen molar-refractivity contribution in [1.82, 2.24) is 10.1 Å². The van der Waals surface area contributed by atoms with Crippen LogP contribution >= 0.6 is 11.3 Å². The van der Waals surface area contributed by atoms with Gasteiger partial charge in [-0.25, -0.2) is 0 Å². The van der Waals surface area contributed by atoms with Crippen molar-refractivity contribution in [2.45, 2.75) is 38.5 Å². The number of hydrogen-bond acceptors (Lipinski definition) is 5. The monoisotopic (exact) mass is 353 g/mol. The van der Waals surface area contributed by atoms with Gasteiger partial charge in [-0.3, -0.25) is 4.79 Å². The predicted molar refractivity (Wildman–Crippen MR) is 98.0 cm³/mol. The van der Waals surface area contributed by atoms with Gasteiger partial charge < -0.3 is 9.84 Å². The molecular weight excluding hydrogens is 334 g/mol. The number of hydrogen-bond donors (Lipinski definition) is 1. The molecule has 0 saturated heterocycles. The molecule has 1 amide bonds. The van der Waals surface area contributed by atoms with E-state index in [1.807, 2.05) is 43.3 Å². The summed E-state index contributed by atoms with van der Waals surface area (Å²) in [6, 6.07) is 11.3. The predicted octanol–water partition coefficient (Wildman–Crippen LogP) is 5.02. The fraction of sp³-hybridized carbons (Fsp3) is 0.316. The van der Waals surface area contributed by atoms with Gasteiger partial charge in [0.2, 0.25) is 11.7 Å². The summed E-state index contributed by atoms with van der Waals surface area (Å²) in [6.45, 7) is 1.99. The molecule has 1 saturated carbocycles. The van der Waals surface area contributed by atoms with E-state index in [0.717, 1.165) is 34.9 Å². The molecule has 0 unspecified atom stereocenters. The zero-order valence-corrected chi connectivity index (χ0v) is 14.8. The molecule has 1 aliphatic carbocycles. The number of rotatable bonds is 4. The van der Waals surface area contributed by atoms with E-state index in [9.17, 15) is 4.79 Å². The van der Waals surface area contributed by atoms with Crippen LogP contribution in [0, 0.1) is 6.92 Å². The summed E-state index contributed by atoms with van der Waals surface area (Å²) in [5.41, 5.74) is 1.56. The summed E-state index contributed by atoms with van der Waals surface area (Å²) in [6.07, 6.45) is 4.70. The number of nitrogens with one attached hydrogen (secondary N) is 1. The van der Waals surface area contributed by atoms with Gasteiger partial charge in [-0.05, 0) is 44.0 Å². The third-order valence-corrected chi connectivity index (χ3v) is 5.49. The molecule has 0 bridgehead atoms. The summed E-state index contributed by atoms with van der Waals surface area (Å²) < 4.78 is 5.45. The van der Waals surface area contributed by atoms with Gasteiger partial charge in [-0.15, -0.1) is 11.3 Å². The van der Waals surface area contributed by atoms with Crippen LogP contribution in [0.4, 0.5) is 5.69 Å². The number of thiophene rings is 1. The second-order valence-electron chi connectivity index (χ2n) is 6.38. The molecule has 2 heterocycles. The van der Waals surface area contributed by atoms with Crippen LogP contribution in [0.2, 0.25) is 0 Å². The van der Waals surface area contributed by atoms with Crippen molar-refractivity contribution in [2.75, 3.05) is 5.32 Å². The van der Waals surface area contributed by atoms with Crippen molar-refractivity contribution in [3.8, 4) is 11.4 Å². The lowest BCUT2D eigenvalue weighted by molar-refractivity contribution is 0.103. The molecule has 1 aromatic carbocycles. The largest absolute Gasteiger partial charge is 0.339 e. The summed E-state index contributed by atoms with van der Waals surface area (Å²) in [4.78, 5) is 18.7. The number of nitrogens with zero attached hydrogens (tertiary/aromatic N) is 2. The molecule has 0 atom stereocenters. The van der Waals surface area contributed by atoms with E-state index in [1.165, 1.54) is 24.2 Å². The first kappa shape index (κ1) is 16.0. The van der Waals surface area contributed by atoms with E-state index >= 15 is 0 Å². The first-order valence-corrected chi connectivity index (χ1v) is 9.32. The zero-order chi connectivity index (χ0) is 17.2. The molecule has 0 radical (unpaired) electrons. The van der Waals surface area contributed by atoms with Crippen molar-refractivity contribution in [3.05, 3.63) is 52.0 Å². The Morgan fingerprint density at radius 3 is 2.84 bits per heavy atom. The van der Waals surface area contributed by atoms with Crippen molar-refractivity contribution in [1.29, 1.82) is 0 Å². The lowest BCUT2D eigenvalue weighted by Crippen LogP contribution is -2.09. The van der Waals surface area contributed by atoms with E-state index < -0.39 is 0 Å². The normalized spacial score (nSPS) is 14.8. The smallest absolute Gasteiger partial charge is 0.265 e. The number of benzene rings is 1. The minimum atomic E-state index is -0.102. The van der Waals surface area contributed by atoms with Gasteiger partial charge in [0.05, 0.1) is 4.88 Å². The zero-order valence-electron chi connectivity index (χ0n) is 14.0. The lowest BCUT2D eigenvalue weighted by Gasteiger charge is -2.04. The number of aryl methyl sites for hydroxylation is 1. The number of amides is 1. The second-order valence-corrected chi connectivity index (χ2v) is 7.67. The van der Waals surface area contributed by atoms with Crippen LogP contribution in [-0.2, 0) is 0 Å². The Morgan fingerprint density at radius 2 is 2.08 bits per heavy atom. The highest BCUT2D eigenvalue weighted by Gasteiger charge is 2.23. The number of aromatic nitrogens is 2. The van der Waals surface area contributed by atoms with Gasteiger partial charge in [0.1, 0.15) is 0 Å². The van der Waals surface area contributed by atoms with Gasteiger partial charge in [-0.2, -0.15) is 4.98 Å². The molecule has 0 aliphatic heterocycles. The summed E-state index contributed by atoms with van der Waals surface area (Å²) in [5.74, 6) is 1.60. The Labute approximate surface area is 150 Å². The van der Waals surface area contributed by atoms with Crippen LogP contribution in [0.5, 0.6) is 0 Å². The van der Waals surface area contributed by atoms with Crippen LogP contribution in [0.25, 0.3) is 11.4 Å². The Hall–Kier alpha value is -2.47. The molecule has 1 fully saturated rings. The van der Waals surface area contributed by atoms with Gasteiger partial charge in [0, 0.05) is 22.0 Å². The summed E-state index contributed by atoms with van der Waals surface area (Å²) >= 11 is 1.48. The van der Waals surface area contributed by atoms with Gasteiger partial charge >= 0.3 is 0 Å². The van der Waals surface area contributed by atoms with E-state index in [-0.39, 0.29) is 5.91 Å². The highest BCUT2D eigenvalue weighted by atomic mass is 32.1. The van der Waals surface area contributed by atoms with Crippen LogP contribution in [0.1, 0.15) is 52.0 Å². The van der Waals surface area contributed by atoms with Crippen molar-refractivity contribution in [3.63, 3.8) is 0 Å². The first-order chi connectivity index (χ1) is 12.2. The highest BCUT2D eigenvalue weighted by Crippen LogP contribution is 2.34. The summed E-state index contributed by atoms with van der Waals surface area (Å²) in [7, 11) is 0. The molecule has 6 heteroatoms. The Morgan fingerprint density at radius 1 is 1.24 bits per heavy atom. The number of carbonyl (C=O) groups is 1. The molecule has 4 rings (SSSR count). The standard InChI is InChI=1S/C19H19N3O2S/c1-12-9-10-16(25-12)18(23)20-15-8-4-7-14(11-15)17-21-19(24-22-17)13-5-2-3-6-13/h4,7-11,13H,2-3,5-6H2,1H3,(H,20,23). The first-order valence-electron chi connectivity index (χ1n) is 8.51. The van der Waals surface area contributed by atoms with Crippen molar-refractivity contribution >= 4 is 22.9 Å². The average Bonchev–Trinajstić information content (AvgIpc) is 3.36. The third-order valence-electron chi connectivity index (χ3n) is 4.49. The molecule has 25 heavy (non-hydrogen) atoms. The maximum Gasteiger partial charge on any atom is 0.265 e. The Balaban J connectivity index is 1.52. The van der Waals surface area contributed by atoms with Crippen LogP contribution in [0.3, 0.4) is 0 Å². The SMILES string of the molecule is Cc1ccc(C(=O)Nc2cccc(-c3noc(C4CCCC4)n3)c2)s1. The maximum absolute atomic E-state index is 12.3.